The minimum absolute atomic E-state index is 0.00360. The summed E-state index contributed by atoms with van der Waals surface area (Å²) in [7, 11) is -4.91. The Morgan fingerprint density at radius 2 is 1.97 bits per heavy atom. The zero-order chi connectivity index (χ0) is 26.5. The third-order valence-corrected chi connectivity index (χ3v) is 8.20. The molecule has 36 heavy (non-hydrogen) atoms. The Hall–Kier alpha value is -2.18. The van der Waals surface area contributed by atoms with Crippen LogP contribution < -0.4 is 16.0 Å². The summed E-state index contributed by atoms with van der Waals surface area (Å²) >= 11 is 0. The monoisotopic (exact) mass is 529 g/mol. The van der Waals surface area contributed by atoms with Gasteiger partial charge in [-0.1, -0.05) is 26.0 Å². The maximum absolute atomic E-state index is 13.1. The van der Waals surface area contributed by atoms with Crippen molar-refractivity contribution in [1.82, 2.24) is 16.0 Å². The quantitative estimate of drug-likeness (QED) is 0.197. The first kappa shape index (κ1) is 28.4. The van der Waals surface area contributed by atoms with Crippen LogP contribution >= 0.6 is 0 Å². The van der Waals surface area contributed by atoms with Crippen LogP contribution in [0.1, 0.15) is 58.8 Å². The Labute approximate surface area is 212 Å². The van der Waals surface area contributed by atoms with Crippen LogP contribution in [0.2, 0.25) is 0 Å². The summed E-state index contributed by atoms with van der Waals surface area (Å²) in [6, 6.07) is -2.50. The first-order chi connectivity index (χ1) is 16.9. The number of fused-ring (bicyclic) bond motifs is 2. The van der Waals surface area contributed by atoms with Gasteiger partial charge in [0.2, 0.25) is 17.3 Å². The Morgan fingerprint density at radius 1 is 1.22 bits per heavy atom. The first-order valence-corrected chi connectivity index (χ1v) is 14.2. The number of hydrogen-bond donors (Lipinski definition) is 5. The summed E-state index contributed by atoms with van der Waals surface area (Å²) in [4.78, 5) is 37.6. The minimum Gasteiger partial charge on any atom is -0.449 e. The van der Waals surface area contributed by atoms with Crippen LogP contribution in [-0.2, 0) is 24.4 Å². The number of hydrogen-bond acceptors (Lipinski definition) is 7. The maximum Gasteiger partial charge on any atom is 0.407 e. The highest BCUT2D eigenvalue weighted by Crippen LogP contribution is 2.39. The van der Waals surface area contributed by atoms with Crippen LogP contribution in [0.3, 0.4) is 0 Å². The molecule has 6 unspecified atom stereocenters. The number of allylic oxidation sites excluding steroid dienone is 2. The van der Waals surface area contributed by atoms with Crippen LogP contribution in [-0.4, -0.2) is 66.7 Å². The van der Waals surface area contributed by atoms with Gasteiger partial charge in [-0.15, -0.1) is 0 Å². The normalized spacial score (nSPS) is 28.2. The van der Waals surface area contributed by atoms with Crippen LogP contribution in [0.25, 0.3) is 0 Å². The molecule has 1 saturated heterocycles. The van der Waals surface area contributed by atoms with E-state index < -0.39 is 45.6 Å². The zero-order valence-electron chi connectivity index (χ0n) is 20.9. The van der Waals surface area contributed by atoms with Gasteiger partial charge >= 0.3 is 6.09 Å². The van der Waals surface area contributed by atoms with E-state index in [0.29, 0.717) is 24.8 Å². The smallest absolute Gasteiger partial charge is 0.407 e. The van der Waals surface area contributed by atoms with Gasteiger partial charge in [-0.25, -0.2) is 4.79 Å². The molecule has 2 aliphatic carbocycles. The average molecular weight is 530 g/mol. The van der Waals surface area contributed by atoms with Gasteiger partial charge in [0.25, 0.3) is 10.1 Å². The summed E-state index contributed by atoms with van der Waals surface area (Å²) in [5.41, 5.74) is -2.32. The molecule has 0 aromatic carbocycles. The molecule has 11 nitrogen and oxygen atoms in total. The Kier molecular flexibility index (Phi) is 9.76. The Balaban J connectivity index is 1.60. The third kappa shape index (κ3) is 8.17. The fourth-order valence-corrected chi connectivity index (χ4v) is 6.15. The van der Waals surface area contributed by atoms with Gasteiger partial charge in [0.1, 0.15) is 6.04 Å². The molecule has 204 valence electrons. The van der Waals surface area contributed by atoms with E-state index in [1.165, 1.54) is 6.42 Å². The summed E-state index contributed by atoms with van der Waals surface area (Å²) in [5, 5.41) is 17.8. The van der Waals surface area contributed by atoms with Gasteiger partial charge in [-0.05, 0) is 68.6 Å². The van der Waals surface area contributed by atoms with Gasteiger partial charge < -0.3 is 25.8 Å². The molecular weight excluding hydrogens is 490 g/mol. The number of nitrogens with one attached hydrogen (secondary N) is 3. The van der Waals surface area contributed by atoms with E-state index in [9.17, 15) is 32.5 Å². The van der Waals surface area contributed by atoms with Crippen molar-refractivity contribution in [3.63, 3.8) is 0 Å². The second kappa shape index (κ2) is 12.4. The molecule has 1 saturated carbocycles. The lowest BCUT2D eigenvalue weighted by Crippen LogP contribution is -2.55. The van der Waals surface area contributed by atoms with Crippen LogP contribution in [0.5, 0.6) is 0 Å². The van der Waals surface area contributed by atoms with E-state index in [1.807, 2.05) is 13.8 Å². The second-order valence-corrected chi connectivity index (χ2v) is 12.3. The highest BCUT2D eigenvalue weighted by atomic mass is 32.2. The van der Waals surface area contributed by atoms with Gasteiger partial charge in [0, 0.05) is 12.5 Å². The van der Waals surface area contributed by atoms with E-state index >= 15 is 0 Å². The number of rotatable bonds is 11. The average Bonchev–Trinajstić information content (AvgIpc) is 3.19. The highest BCUT2D eigenvalue weighted by molar-refractivity contribution is 7.86. The largest absolute Gasteiger partial charge is 0.449 e. The molecule has 12 heteroatoms. The molecule has 2 fully saturated rings. The molecule has 0 aromatic rings. The van der Waals surface area contributed by atoms with Crippen molar-refractivity contribution in [2.45, 2.75) is 76.3 Å². The topological polar surface area (TPSA) is 171 Å². The molecule has 1 aliphatic heterocycles. The zero-order valence-corrected chi connectivity index (χ0v) is 21.7. The van der Waals surface area contributed by atoms with E-state index in [1.54, 1.807) is 0 Å². The van der Waals surface area contributed by atoms with E-state index in [2.05, 4.69) is 28.1 Å². The number of carbonyl (C=O) groups is 3. The lowest BCUT2D eigenvalue weighted by Gasteiger charge is -2.35. The van der Waals surface area contributed by atoms with Gasteiger partial charge in [-0.2, -0.15) is 8.42 Å². The molecule has 3 amide bonds. The number of ether oxygens (including phenoxy) is 1. The highest BCUT2D eigenvalue weighted by Gasteiger charge is 2.38. The van der Waals surface area contributed by atoms with E-state index in [4.69, 9.17) is 4.74 Å². The molecule has 0 spiro atoms. The second-order valence-electron chi connectivity index (χ2n) is 10.8. The number of carbonyl (C=O) groups excluding carboxylic acids is 3. The van der Waals surface area contributed by atoms with Crippen molar-refractivity contribution in [2.75, 3.05) is 13.2 Å². The third-order valence-electron chi connectivity index (χ3n) is 7.26. The molecule has 3 aliphatic rings. The molecule has 2 bridgehead atoms. The number of aliphatic hydroxyl groups excluding tert-OH is 1. The number of amides is 3. The summed E-state index contributed by atoms with van der Waals surface area (Å²) < 4.78 is 38.0. The summed E-state index contributed by atoms with van der Waals surface area (Å²) in [6.07, 6.45) is 8.35. The van der Waals surface area contributed by atoms with Crippen molar-refractivity contribution < 1.29 is 37.2 Å². The number of aliphatic hydroxyl groups is 1. The lowest BCUT2D eigenvalue weighted by molar-refractivity contribution is -0.126. The van der Waals surface area contributed by atoms with Crippen molar-refractivity contribution in [1.29, 1.82) is 0 Å². The molecule has 7 atom stereocenters. The van der Waals surface area contributed by atoms with E-state index in [0.717, 1.165) is 19.3 Å². The maximum atomic E-state index is 13.1. The Morgan fingerprint density at radius 3 is 2.58 bits per heavy atom. The fourth-order valence-electron chi connectivity index (χ4n) is 5.56. The van der Waals surface area contributed by atoms with Gasteiger partial charge in [-0.3, -0.25) is 14.1 Å². The molecule has 1 heterocycles. The van der Waals surface area contributed by atoms with Crippen molar-refractivity contribution in [2.24, 2.45) is 29.6 Å². The van der Waals surface area contributed by atoms with Crippen molar-refractivity contribution in [3.8, 4) is 0 Å². The molecular formula is C24H39N3O8S. The predicted octanol–water partition coefficient (Wildman–Crippen LogP) is 1.34. The SMILES string of the molecule is CC(C)C[C@H](NC(=O)OCC1CC2C=CCC(C2)C1)C(=O)NC(CC1CCNC1=O)C(O)S(=O)(=O)O. The Bertz CT molecular complexity index is 938. The number of alkyl carbamates (subject to hydrolysis) is 1. The van der Waals surface area contributed by atoms with Gasteiger partial charge in [0.15, 0.2) is 0 Å². The van der Waals surface area contributed by atoms with Gasteiger partial charge in [0.05, 0.1) is 12.6 Å². The minimum atomic E-state index is -4.91. The van der Waals surface area contributed by atoms with Crippen LogP contribution in [0, 0.1) is 29.6 Å². The molecule has 0 aromatic heterocycles. The predicted molar refractivity (Wildman–Crippen MR) is 131 cm³/mol. The van der Waals surface area contributed by atoms with Crippen molar-refractivity contribution in [3.05, 3.63) is 12.2 Å². The van der Waals surface area contributed by atoms with E-state index in [-0.39, 0.29) is 37.2 Å². The van der Waals surface area contributed by atoms with Crippen LogP contribution in [0.4, 0.5) is 4.79 Å². The van der Waals surface area contributed by atoms with Crippen LogP contribution in [0.15, 0.2) is 12.2 Å². The first-order valence-electron chi connectivity index (χ1n) is 12.7. The molecule has 5 N–H and O–H groups in total. The standard InChI is InChI=1S/C24H39N3O8S/c1-14(2)8-19(27-24(31)35-13-17-10-15-4-3-5-16(9-15)11-17)22(29)26-20(23(30)36(32,33)34)12-18-6-7-25-21(18)28/h3-4,14-20,23,30H,5-13H2,1-2H3,(H,25,28)(H,26,29)(H,27,31)(H,32,33,34)/t15?,16?,17?,18?,19-,20?,23?/m0/s1. The van der Waals surface area contributed by atoms with Crippen molar-refractivity contribution >= 4 is 28.0 Å². The summed E-state index contributed by atoms with van der Waals surface area (Å²) in [6.45, 7) is 4.36. The fraction of sp³-hybridized carbons (Fsp3) is 0.792. The lowest BCUT2D eigenvalue weighted by atomic mass is 9.71. The summed E-state index contributed by atoms with van der Waals surface area (Å²) in [5.74, 6) is -0.300. The molecule has 0 radical (unpaired) electrons. The molecule has 3 rings (SSSR count).